The normalized spacial score (nSPS) is 23.9. The van der Waals surface area contributed by atoms with E-state index in [0.717, 1.165) is 101 Å². The molecule has 3 atom stereocenters. The van der Waals surface area contributed by atoms with Crippen molar-refractivity contribution < 1.29 is 28.4 Å². The van der Waals surface area contributed by atoms with Crippen molar-refractivity contribution in [3.05, 3.63) is 89.5 Å². The Morgan fingerprint density at radius 1 is 0.488 bits per heavy atom. The monoisotopic (exact) mass is 558 g/mol. The molecule has 3 saturated heterocycles. The lowest BCUT2D eigenvalue weighted by molar-refractivity contribution is -0.106. The van der Waals surface area contributed by atoms with E-state index >= 15 is 0 Å². The van der Waals surface area contributed by atoms with Crippen molar-refractivity contribution in [2.24, 2.45) is 0 Å². The molecule has 218 valence electrons. The third-order valence-electron chi connectivity index (χ3n) is 8.14. The quantitative estimate of drug-likeness (QED) is 0.253. The van der Waals surface area contributed by atoms with Gasteiger partial charge in [-0.15, -0.1) is 0 Å². The topological polar surface area (TPSA) is 55.4 Å². The van der Waals surface area contributed by atoms with E-state index in [4.69, 9.17) is 28.4 Å². The molecule has 0 aliphatic carbocycles. The molecule has 0 bridgehead atoms. The Morgan fingerprint density at radius 2 is 0.854 bits per heavy atom. The van der Waals surface area contributed by atoms with Gasteiger partial charge in [0.25, 0.3) is 0 Å². The van der Waals surface area contributed by atoms with Crippen molar-refractivity contribution in [3.8, 4) is 17.2 Å². The minimum atomic E-state index is -0.147. The molecule has 3 aromatic carbocycles. The molecule has 0 N–H and O–H groups in total. The van der Waals surface area contributed by atoms with Crippen LogP contribution in [0.15, 0.2) is 72.8 Å². The lowest BCUT2D eigenvalue weighted by Crippen LogP contribution is -2.25. The fourth-order valence-electron chi connectivity index (χ4n) is 5.79. The van der Waals surface area contributed by atoms with Crippen molar-refractivity contribution in [3.63, 3.8) is 0 Å². The molecule has 3 aromatic rings. The Bertz CT molecular complexity index is 1110. The molecule has 0 saturated carbocycles. The largest absolute Gasteiger partial charge is 0.465 e. The molecule has 3 heterocycles. The summed E-state index contributed by atoms with van der Waals surface area (Å²) in [6, 6.07) is 25.5. The molecule has 6 rings (SSSR count). The molecule has 41 heavy (non-hydrogen) atoms. The zero-order valence-corrected chi connectivity index (χ0v) is 23.9. The van der Waals surface area contributed by atoms with Crippen molar-refractivity contribution >= 4 is 0 Å². The van der Waals surface area contributed by atoms with E-state index in [9.17, 15) is 0 Å². The second-order valence-electron chi connectivity index (χ2n) is 11.3. The fraction of sp³-hybridized carbons (Fsp3) is 0.486. The van der Waals surface area contributed by atoms with Gasteiger partial charge in [0.1, 0.15) is 17.2 Å². The van der Waals surface area contributed by atoms with E-state index < -0.39 is 0 Å². The van der Waals surface area contributed by atoms with E-state index in [-0.39, 0.29) is 24.8 Å². The molecule has 3 aliphatic rings. The molecule has 0 radical (unpaired) electrons. The van der Waals surface area contributed by atoms with Gasteiger partial charge >= 0.3 is 0 Å². The number of ether oxygens (including phenoxy) is 6. The van der Waals surface area contributed by atoms with Crippen LogP contribution in [0, 0.1) is 0 Å². The lowest BCUT2D eigenvalue weighted by atomic mass is 9.86. The average molecular weight is 559 g/mol. The van der Waals surface area contributed by atoms with Gasteiger partial charge < -0.3 is 28.4 Å². The standard InChI is InChI=1S/C35H42O6/c1-4-22-36-33(7-1)39-29-16-10-26(11-17-29)25-32(27-12-18-30(19-13-27)40-34-8-2-5-23-37-34)28-14-20-31(21-15-28)41-35-9-3-6-24-38-35/h10-21,32-35H,1-9,22-25H2. The van der Waals surface area contributed by atoms with Gasteiger partial charge in [-0.25, -0.2) is 0 Å². The van der Waals surface area contributed by atoms with Crippen LogP contribution in [0.5, 0.6) is 17.2 Å². The molecule has 3 unspecified atom stereocenters. The van der Waals surface area contributed by atoms with Crippen LogP contribution in [-0.4, -0.2) is 38.7 Å². The smallest absolute Gasteiger partial charge is 0.199 e. The number of rotatable bonds is 10. The summed E-state index contributed by atoms with van der Waals surface area (Å²) >= 11 is 0. The Labute approximate surface area is 243 Å². The molecular formula is C35H42O6. The van der Waals surface area contributed by atoms with Gasteiger partial charge in [0, 0.05) is 25.2 Å². The highest BCUT2D eigenvalue weighted by atomic mass is 16.7. The number of benzene rings is 3. The Kier molecular flexibility index (Phi) is 9.73. The Balaban J connectivity index is 1.17. The summed E-state index contributed by atoms with van der Waals surface area (Å²) < 4.78 is 35.6. The van der Waals surface area contributed by atoms with E-state index in [1.807, 2.05) is 0 Å². The third kappa shape index (κ3) is 8.03. The van der Waals surface area contributed by atoms with Crippen molar-refractivity contribution in [2.75, 3.05) is 19.8 Å². The first-order chi connectivity index (χ1) is 20.3. The minimum Gasteiger partial charge on any atom is -0.465 e. The van der Waals surface area contributed by atoms with E-state index in [0.29, 0.717) is 0 Å². The maximum atomic E-state index is 6.10. The van der Waals surface area contributed by atoms with Crippen LogP contribution in [0.2, 0.25) is 0 Å². The van der Waals surface area contributed by atoms with Crippen molar-refractivity contribution in [2.45, 2.75) is 89.0 Å². The third-order valence-corrected chi connectivity index (χ3v) is 8.14. The van der Waals surface area contributed by atoms with Crippen LogP contribution in [-0.2, 0) is 20.6 Å². The van der Waals surface area contributed by atoms with Gasteiger partial charge in [0.2, 0.25) is 0 Å². The number of hydrogen-bond acceptors (Lipinski definition) is 6. The SMILES string of the molecule is c1cc(OC2CCCCO2)ccc1CC(c1ccc(OC2CCCCO2)cc1)c1ccc(OC2CCCCO2)cc1. The molecule has 3 aliphatic heterocycles. The van der Waals surface area contributed by atoms with E-state index in [2.05, 4.69) is 72.8 Å². The van der Waals surface area contributed by atoms with Gasteiger partial charge in [0.05, 0.1) is 19.8 Å². The first-order valence-electron chi connectivity index (χ1n) is 15.4. The predicted octanol–water partition coefficient (Wildman–Crippen LogP) is 7.78. The van der Waals surface area contributed by atoms with Gasteiger partial charge in [-0.1, -0.05) is 36.4 Å². The van der Waals surface area contributed by atoms with Crippen LogP contribution < -0.4 is 14.2 Å². The van der Waals surface area contributed by atoms with Crippen molar-refractivity contribution in [1.29, 1.82) is 0 Å². The second-order valence-corrected chi connectivity index (χ2v) is 11.3. The van der Waals surface area contributed by atoms with E-state index in [1.54, 1.807) is 0 Å². The fourth-order valence-corrected chi connectivity index (χ4v) is 5.79. The molecule has 6 nitrogen and oxygen atoms in total. The summed E-state index contributed by atoms with van der Waals surface area (Å²) in [5.74, 6) is 2.72. The highest BCUT2D eigenvalue weighted by Gasteiger charge is 2.20. The maximum Gasteiger partial charge on any atom is 0.199 e. The second kappa shape index (κ2) is 14.2. The molecule has 6 heteroatoms. The minimum absolute atomic E-state index is 0.137. The first-order valence-corrected chi connectivity index (χ1v) is 15.4. The van der Waals surface area contributed by atoms with Gasteiger partial charge in [-0.2, -0.15) is 0 Å². The summed E-state index contributed by atoms with van der Waals surface area (Å²) in [6.07, 6.45) is 10.0. The van der Waals surface area contributed by atoms with Crippen LogP contribution in [0.1, 0.15) is 80.4 Å². The van der Waals surface area contributed by atoms with Crippen LogP contribution in [0.4, 0.5) is 0 Å². The highest BCUT2D eigenvalue weighted by Crippen LogP contribution is 2.33. The van der Waals surface area contributed by atoms with Gasteiger partial charge in [0.15, 0.2) is 18.9 Å². The zero-order chi connectivity index (χ0) is 27.7. The highest BCUT2D eigenvalue weighted by molar-refractivity contribution is 5.40. The summed E-state index contributed by atoms with van der Waals surface area (Å²) in [7, 11) is 0. The summed E-state index contributed by atoms with van der Waals surface area (Å²) in [6.45, 7) is 2.32. The first kappa shape index (κ1) is 28.1. The van der Waals surface area contributed by atoms with Crippen LogP contribution in [0.25, 0.3) is 0 Å². The molecule has 0 aromatic heterocycles. The molecule has 3 fully saturated rings. The van der Waals surface area contributed by atoms with Crippen LogP contribution in [0.3, 0.4) is 0 Å². The summed E-state index contributed by atoms with van der Waals surface area (Å²) in [4.78, 5) is 0. The Morgan fingerprint density at radius 3 is 1.20 bits per heavy atom. The molecular weight excluding hydrogens is 516 g/mol. The van der Waals surface area contributed by atoms with E-state index in [1.165, 1.54) is 16.7 Å². The van der Waals surface area contributed by atoms with Gasteiger partial charge in [-0.3, -0.25) is 0 Å². The number of hydrogen-bond donors (Lipinski definition) is 0. The molecule has 0 amide bonds. The zero-order valence-electron chi connectivity index (χ0n) is 23.9. The lowest BCUT2D eigenvalue weighted by Gasteiger charge is -2.25. The predicted molar refractivity (Wildman–Crippen MR) is 158 cm³/mol. The summed E-state index contributed by atoms with van der Waals surface area (Å²) in [5.41, 5.74) is 3.73. The van der Waals surface area contributed by atoms with Gasteiger partial charge in [-0.05, 0) is 98.0 Å². The molecule has 0 spiro atoms. The summed E-state index contributed by atoms with van der Waals surface area (Å²) in [5, 5.41) is 0. The maximum absolute atomic E-state index is 6.10. The van der Waals surface area contributed by atoms with Crippen molar-refractivity contribution in [1.82, 2.24) is 0 Å². The Hall–Kier alpha value is -3.06. The average Bonchev–Trinajstić information content (AvgIpc) is 3.03. The van der Waals surface area contributed by atoms with Crippen LogP contribution >= 0.6 is 0 Å².